The molecule has 1 amide bonds. The van der Waals surface area contributed by atoms with Crippen LogP contribution in [0.25, 0.3) is 0 Å². The highest BCUT2D eigenvalue weighted by Gasteiger charge is 2.24. The fourth-order valence-corrected chi connectivity index (χ4v) is 3.12. The molecule has 0 saturated carbocycles. The summed E-state index contributed by atoms with van der Waals surface area (Å²) in [7, 11) is 4.20. The molecule has 0 bridgehead atoms. The van der Waals surface area contributed by atoms with Crippen LogP contribution in [0.3, 0.4) is 0 Å². The van der Waals surface area contributed by atoms with Crippen molar-refractivity contribution in [3.8, 4) is 0 Å². The number of rotatable bonds is 6. The minimum Gasteiger partial charge on any atom is -0.341 e. The second kappa shape index (κ2) is 7.77. The van der Waals surface area contributed by atoms with Crippen molar-refractivity contribution in [2.24, 2.45) is 0 Å². The number of carbonyl (C=O) groups excluding carboxylic acids is 1. The van der Waals surface area contributed by atoms with Crippen molar-refractivity contribution < 1.29 is 4.79 Å². The molecule has 1 saturated heterocycles. The molecule has 0 aliphatic carbocycles. The van der Waals surface area contributed by atoms with E-state index >= 15 is 0 Å². The van der Waals surface area contributed by atoms with Crippen LogP contribution in [0.2, 0.25) is 0 Å². The third-order valence-electron chi connectivity index (χ3n) is 4.86. The summed E-state index contributed by atoms with van der Waals surface area (Å²) in [6.45, 7) is 6.14. The molecule has 0 N–H and O–H groups in total. The molecule has 5 heteroatoms. The average Bonchev–Trinajstić information content (AvgIpc) is 3.00. The predicted octanol–water partition coefficient (Wildman–Crippen LogP) is 2.34. The van der Waals surface area contributed by atoms with Crippen LogP contribution in [-0.2, 0) is 11.2 Å². The molecular formula is C17H30N4O. The minimum absolute atomic E-state index is 0.269. The molecule has 124 valence electrons. The van der Waals surface area contributed by atoms with Gasteiger partial charge in [-0.25, -0.2) is 4.98 Å². The molecule has 5 nitrogen and oxygen atoms in total. The van der Waals surface area contributed by atoms with Crippen LogP contribution in [-0.4, -0.2) is 58.5 Å². The van der Waals surface area contributed by atoms with Crippen molar-refractivity contribution >= 4 is 5.91 Å². The van der Waals surface area contributed by atoms with Gasteiger partial charge in [-0.05, 0) is 40.3 Å². The second-order valence-corrected chi connectivity index (χ2v) is 6.61. The van der Waals surface area contributed by atoms with E-state index in [1.165, 1.54) is 6.42 Å². The number of imidazole rings is 1. The second-order valence-electron chi connectivity index (χ2n) is 6.61. The first-order valence-electron chi connectivity index (χ1n) is 8.48. The molecule has 0 spiro atoms. The average molecular weight is 306 g/mol. The molecule has 1 aliphatic rings. The zero-order valence-electron chi connectivity index (χ0n) is 14.5. The number of piperidine rings is 1. The highest BCUT2D eigenvalue weighted by Crippen LogP contribution is 2.17. The zero-order valence-corrected chi connectivity index (χ0v) is 14.5. The largest absolute Gasteiger partial charge is 0.341 e. The summed E-state index contributed by atoms with van der Waals surface area (Å²) >= 11 is 0. The van der Waals surface area contributed by atoms with Gasteiger partial charge in [0.2, 0.25) is 5.91 Å². The molecule has 1 aromatic rings. The van der Waals surface area contributed by atoms with E-state index in [1.807, 2.05) is 17.3 Å². The number of nitrogens with zero attached hydrogens (tertiary/aromatic N) is 4. The maximum atomic E-state index is 12.5. The number of likely N-dealkylation sites (tertiary alicyclic amines) is 1. The first kappa shape index (κ1) is 17.0. The Labute approximate surface area is 134 Å². The van der Waals surface area contributed by atoms with E-state index in [1.54, 1.807) is 0 Å². The highest BCUT2D eigenvalue weighted by atomic mass is 16.2. The first-order chi connectivity index (χ1) is 10.5. The van der Waals surface area contributed by atoms with E-state index in [2.05, 4.69) is 42.4 Å². The Morgan fingerprint density at radius 3 is 2.95 bits per heavy atom. The molecule has 0 aromatic carbocycles. The predicted molar refractivity (Wildman–Crippen MR) is 88.8 cm³/mol. The zero-order chi connectivity index (χ0) is 16.1. The molecule has 1 aliphatic heterocycles. The van der Waals surface area contributed by atoms with Gasteiger partial charge >= 0.3 is 0 Å². The van der Waals surface area contributed by atoms with E-state index in [0.717, 1.165) is 38.2 Å². The summed E-state index contributed by atoms with van der Waals surface area (Å²) in [6, 6.07) is 0.945. The van der Waals surface area contributed by atoms with E-state index in [4.69, 9.17) is 0 Å². The minimum atomic E-state index is 0.269. The molecule has 2 rings (SSSR count). The van der Waals surface area contributed by atoms with E-state index in [0.29, 0.717) is 18.5 Å². The van der Waals surface area contributed by atoms with Gasteiger partial charge in [0.15, 0.2) is 0 Å². The normalized spacial score (nSPS) is 20.4. The maximum Gasteiger partial charge on any atom is 0.223 e. The van der Waals surface area contributed by atoms with Crippen molar-refractivity contribution in [2.75, 3.05) is 27.2 Å². The van der Waals surface area contributed by atoms with Crippen molar-refractivity contribution in [2.45, 2.75) is 58.0 Å². The number of amides is 1. The van der Waals surface area contributed by atoms with Crippen LogP contribution in [0.15, 0.2) is 12.4 Å². The fourth-order valence-electron chi connectivity index (χ4n) is 3.12. The van der Waals surface area contributed by atoms with Crippen LogP contribution >= 0.6 is 0 Å². The van der Waals surface area contributed by atoms with Crippen molar-refractivity contribution in [1.82, 2.24) is 19.4 Å². The van der Waals surface area contributed by atoms with Crippen LogP contribution in [0.5, 0.6) is 0 Å². The number of hydrogen-bond acceptors (Lipinski definition) is 3. The molecule has 0 radical (unpaired) electrons. The van der Waals surface area contributed by atoms with E-state index in [9.17, 15) is 4.79 Å². The summed E-state index contributed by atoms with van der Waals surface area (Å²) in [5, 5.41) is 0. The number of aryl methyl sites for hydroxylation is 1. The number of aromatic nitrogens is 2. The lowest BCUT2D eigenvalue weighted by molar-refractivity contribution is -0.133. The summed E-state index contributed by atoms with van der Waals surface area (Å²) in [4.78, 5) is 21.2. The number of likely N-dealkylation sites (N-methyl/N-ethyl adjacent to an activating group) is 1. The quantitative estimate of drug-likeness (QED) is 0.810. The van der Waals surface area contributed by atoms with Gasteiger partial charge in [-0.15, -0.1) is 0 Å². The van der Waals surface area contributed by atoms with Crippen LogP contribution in [0, 0.1) is 0 Å². The van der Waals surface area contributed by atoms with E-state index in [-0.39, 0.29) is 5.91 Å². The van der Waals surface area contributed by atoms with Crippen molar-refractivity contribution in [3.63, 3.8) is 0 Å². The lowest BCUT2D eigenvalue weighted by atomic mass is 10.0. The first-order valence-corrected chi connectivity index (χ1v) is 8.48. The molecule has 1 aromatic heterocycles. The van der Waals surface area contributed by atoms with E-state index < -0.39 is 0 Å². The number of carbonyl (C=O) groups is 1. The topological polar surface area (TPSA) is 41.4 Å². The van der Waals surface area contributed by atoms with Gasteiger partial charge in [0.1, 0.15) is 5.82 Å². The Hall–Kier alpha value is -1.36. The van der Waals surface area contributed by atoms with Gasteiger partial charge in [0.05, 0.1) is 0 Å². The summed E-state index contributed by atoms with van der Waals surface area (Å²) in [5.41, 5.74) is 0. The summed E-state index contributed by atoms with van der Waals surface area (Å²) in [6.07, 6.45) is 8.54. The monoisotopic (exact) mass is 306 g/mol. The van der Waals surface area contributed by atoms with Crippen LogP contribution in [0.1, 0.15) is 51.4 Å². The van der Waals surface area contributed by atoms with Gasteiger partial charge in [0, 0.05) is 50.4 Å². The standard InChI is InChI=1S/C17H30N4O/c1-5-14(2)21-12-10-18-16(21)8-9-17(22)20-11-6-7-15(13-20)19(3)4/h10,12,14-15H,5-9,11,13H2,1-4H3/t14?,15-/m1/s1. The Morgan fingerprint density at radius 1 is 1.50 bits per heavy atom. The molecule has 1 fully saturated rings. The van der Waals surface area contributed by atoms with Crippen molar-refractivity contribution in [3.05, 3.63) is 18.2 Å². The summed E-state index contributed by atoms with van der Waals surface area (Å²) in [5.74, 6) is 1.30. The Kier molecular flexibility index (Phi) is 6.00. The Bertz CT molecular complexity index is 483. The molecule has 2 atom stereocenters. The molecule has 2 heterocycles. The lowest BCUT2D eigenvalue weighted by Crippen LogP contribution is -2.47. The maximum absolute atomic E-state index is 12.5. The van der Waals surface area contributed by atoms with Gasteiger partial charge in [-0.2, -0.15) is 0 Å². The number of hydrogen-bond donors (Lipinski definition) is 0. The lowest BCUT2D eigenvalue weighted by Gasteiger charge is -2.36. The van der Waals surface area contributed by atoms with Gasteiger partial charge < -0.3 is 14.4 Å². The van der Waals surface area contributed by atoms with Gasteiger partial charge in [-0.3, -0.25) is 4.79 Å². The Morgan fingerprint density at radius 2 is 2.27 bits per heavy atom. The summed E-state index contributed by atoms with van der Waals surface area (Å²) < 4.78 is 2.20. The van der Waals surface area contributed by atoms with Crippen LogP contribution in [0.4, 0.5) is 0 Å². The molecule has 22 heavy (non-hydrogen) atoms. The highest BCUT2D eigenvalue weighted by molar-refractivity contribution is 5.76. The third kappa shape index (κ3) is 4.09. The van der Waals surface area contributed by atoms with Gasteiger partial charge in [-0.1, -0.05) is 6.92 Å². The smallest absolute Gasteiger partial charge is 0.223 e. The Balaban J connectivity index is 1.89. The molecule has 1 unspecified atom stereocenters. The third-order valence-corrected chi connectivity index (χ3v) is 4.86. The van der Waals surface area contributed by atoms with Gasteiger partial charge in [0.25, 0.3) is 0 Å². The van der Waals surface area contributed by atoms with Crippen molar-refractivity contribution in [1.29, 1.82) is 0 Å². The molecular weight excluding hydrogens is 276 g/mol. The SMILES string of the molecule is CCC(C)n1ccnc1CCC(=O)N1CCC[C@@H](N(C)C)C1. The van der Waals surface area contributed by atoms with Crippen LogP contribution < -0.4 is 0 Å². The fraction of sp³-hybridized carbons (Fsp3) is 0.765.